The van der Waals surface area contributed by atoms with Crippen LogP contribution in [-0.2, 0) is 4.79 Å². The fourth-order valence-corrected chi connectivity index (χ4v) is 1.03. The van der Waals surface area contributed by atoms with Crippen LogP contribution in [0.3, 0.4) is 0 Å². The van der Waals surface area contributed by atoms with Gasteiger partial charge in [-0.25, -0.2) is 0 Å². The number of hydrogen-bond donors (Lipinski definition) is 1. The van der Waals surface area contributed by atoms with E-state index in [4.69, 9.17) is 0 Å². The van der Waals surface area contributed by atoms with Crippen molar-refractivity contribution in [1.29, 1.82) is 0 Å². The number of rotatable bonds is 1. The molecule has 1 fully saturated rings. The van der Waals surface area contributed by atoms with Crippen molar-refractivity contribution < 1.29 is 18.0 Å². The fourth-order valence-electron chi connectivity index (χ4n) is 1.03. The minimum Gasteiger partial charge on any atom is -0.331 e. The SMILES string of the molecule is O=C1CNCCN1CC(F)(F)F. The Morgan fingerprint density at radius 2 is 2.17 bits per heavy atom. The summed E-state index contributed by atoms with van der Waals surface area (Å²) in [5.74, 6) is -0.487. The van der Waals surface area contributed by atoms with Crippen LogP contribution < -0.4 is 5.32 Å². The summed E-state index contributed by atoms with van der Waals surface area (Å²) in [6.07, 6.45) is -4.28. The van der Waals surface area contributed by atoms with Crippen LogP contribution in [0, 0.1) is 0 Å². The van der Waals surface area contributed by atoms with E-state index in [1.54, 1.807) is 0 Å². The molecule has 1 amide bonds. The lowest BCUT2D eigenvalue weighted by molar-refractivity contribution is -0.162. The molecule has 1 N–H and O–H groups in total. The number of carbonyl (C=O) groups is 1. The predicted octanol–water partition coefficient (Wildman–Crippen LogP) is -0.0195. The average Bonchev–Trinajstić information content (AvgIpc) is 1.91. The van der Waals surface area contributed by atoms with Crippen molar-refractivity contribution in [3.8, 4) is 0 Å². The Labute approximate surface area is 67.5 Å². The molecule has 0 spiro atoms. The molecule has 6 heteroatoms. The van der Waals surface area contributed by atoms with Crippen LogP contribution in [0.2, 0.25) is 0 Å². The lowest BCUT2D eigenvalue weighted by Crippen LogP contribution is -2.51. The summed E-state index contributed by atoms with van der Waals surface area (Å²) in [5.41, 5.74) is 0. The first-order chi connectivity index (χ1) is 5.49. The van der Waals surface area contributed by atoms with Crippen LogP contribution in [0.15, 0.2) is 0 Å². The molecular formula is C6H9F3N2O. The van der Waals surface area contributed by atoms with Gasteiger partial charge in [-0.05, 0) is 0 Å². The molecule has 3 nitrogen and oxygen atoms in total. The van der Waals surface area contributed by atoms with E-state index in [0.717, 1.165) is 4.90 Å². The Morgan fingerprint density at radius 3 is 2.67 bits per heavy atom. The molecule has 1 aliphatic rings. The van der Waals surface area contributed by atoms with E-state index in [-0.39, 0.29) is 13.1 Å². The van der Waals surface area contributed by atoms with Gasteiger partial charge in [0.1, 0.15) is 6.54 Å². The molecule has 0 saturated carbocycles. The molecule has 0 aliphatic carbocycles. The summed E-state index contributed by atoms with van der Waals surface area (Å²) in [4.78, 5) is 11.7. The Morgan fingerprint density at radius 1 is 1.50 bits per heavy atom. The maximum Gasteiger partial charge on any atom is 0.406 e. The molecule has 1 aliphatic heterocycles. The van der Waals surface area contributed by atoms with E-state index in [9.17, 15) is 18.0 Å². The molecule has 0 bridgehead atoms. The Hall–Kier alpha value is -0.780. The van der Waals surface area contributed by atoms with E-state index < -0.39 is 18.6 Å². The van der Waals surface area contributed by atoms with E-state index in [0.29, 0.717) is 6.54 Å². The quantitative estimate of drug-likeness (QED) is 0.618. The largest absolute Gasteiger partial charge is 0.406 e. The second-order valence-electron chi connectivity index (χ2n) is 2.61. The summed E-state index contributed by atoms with van der Waals surface area (Å²) < 4.78 is 35.4. The highest BCUT2D eigenvalue weighted by atomic mass is 19.4. The maximum absolute atomic E-state index is 11.8. The number of halogens is 3. The molecule has 0 unspecified atom stereocenters. The lowest BCUT2D eigenvalue weighted by atomic mass is 10.3. The lowest BCUT2D eigenvalue weighted by Gasteiger charge is -2.27. The molecule has 0 aromatic rings. The minimum atomic E-state index is -4.28. The average molecular weight is 182 g/mol. The Bertz CT molecular complexity index is 180. The number of piperazine rings is 1. The molecular weight excluding hydrogens is 173 g/mol. The van der Waals surface area contributed by atoms with Crippen molar-refractivity contribution in [3.05, 3.63) is 0 Å². The minimum absolute atomic E-state index is 0.01000. The van der Waals surface area contributed by atoms with Gasteiger partial charge in [-0.15, -0.1) is 0 Å². The summed E-state index contributed by atoms with van der Waals surface area (Å²) in [7, 11) is 0. The zero-order valence-electron chi connectivity index (χ0n) is 6.32. The topological polar surface area (TPSA) is 32.3 Å². The number of hydrogen-bond acceptors (Lipinski definition) is 2. The highest BCUT2D eigenvalue weighted by Gasteiger charge is 2.33. The maximum atomic E-state index is 11.8. The zero-order valence-corrected chi connectivity index (χ0v) is 6.32. The first-order valence-electron chi connectivity index (χ1n) is 3.54. The molecule has 1 rings (SSSR count). The first kappa shape index (κ1) is 9.31. The van der Waals surface area contributed by atoms with Crippen molar-refractivity contribution in [1.82, 2.24) is 10.2 Å². The smallest absolute Gasteiger partial charge is 0.331 e. The van der Waals surface area contributed by atoms with Gasteiger partial charge in [0.15, 0.2) is 0 Å². The van der Waals surface area contributed by atoms with Gasteiger partial charge in [0.2, 0.25) is 5.91 Å². The number of alkyl halides is 3. The van der Waals surface area contributed by atoms with Crippen LogP contribution in [0.4, 0.5) is 13.2 Å². The summed E-state index contributed by atoms with van der Waals surface area (Å²) >= 11 is 0. The van der Waals surface area contributed by atoms with Crippen LogP contribution in [0.1, 0.15) is 0 Å². The van der Waals surface area contributed by atoms with E-state index in [1.807, 2.05) is 0 Å². The van der Waals surface area contributed by atoms with Crippen LogP contribution in [0.5, 0.6) is 0 Å². The van der Waals surface area contributed by atoms with Gasteiger partial charge in [0, 0.05) is 13.1 Å². The van der Waals surface area contributed by atoms with Gasteiger partial charge in [-0.2, -0.15) is 13.2 Å². The molecule has 70 valence electrons. The standard InChI is InChI=1S/C6H9F3N2O/c7-6(8,9)4-11-2-1-10-3-5(11)12/h10H,1-4H2. The summed E-state index contributed by atoms with van der Waals surface area (Å²) in [6, 6.07) is 0. The zero-order chi connectivity index (χ0) is 9.19. The normalized spacial score (nSPS) is 19.9. The van der Waals surface area contributed by atoms with Gasteiger partial charge < -0.3 is 10.2 Å². The molecule has 0 aromatic carbocycles. The van der Waals surface area contributed by atoms with Crippen molar-refractivity contribution in [2.24, 2.45) is 0 Å². The third kappa shape index (κ3) is 2.69. The van der Waals surface area contributed by atoms with Crippen molar-refractivity contribution in [2.75, 3.05) is 26.2 Å². The van der Waals surface area contributed by atoms with E-state index >= 15 is 0 Å². The molecule has 0 atom stereocenters. The Balaban J connectivity index is 2.45. The van der Waals surface area contributed by atoms with Crippen LogP contribution >= 0.6 is 0 Å². The number of amides is 1. The van der Waals surface area contributed by atoms with Crippen molar-refractivity contribution in [3.63, 3.8) is 0 Å². The van der Waals surface area contributed by atoms with E-state index in [1.165, 1.54) is 0 Å². The highest BCUT2D eigenvalue weighted by molar-refractivity contribution is 5.79. The van der Waals surface area contributed by atoms with Gasteiger partial charge in [0.05, 0.1) is 6.54 Å². The predicted molar refractivity (Wildman–Crippen MR) is 35.5 cm³/mol. The monoisotopic (exact) mass is 182 g/mol. The molecule has 1 saturated heterocycles. The highest BCUT2D eigenvalue weighted by Crippen LogP contribution is 2.16. The summed E-state index contributed by atoms with van der Waals surface area (Å²) in [6.45, 7) is -0.552. The fraction of sp³-hybridized carbons (Fsp3) is 0.833. The number of nitrogens with zero attached hydrogens (tertiary/aromatic N) is 1. The third-order valence-corrected chi connectivity index (χ3v) is 1.56. The van der Waals surface area contributed by atoms with Gasteiger partial charge in [-0.3, -0.25) is 4.79 Å². The van der Waals surface area contributed by atoms with Gasteiger partial charge >= 0.3 is 6.18 Å². The molecule has 0 aromatic heterocycles. The first-order valence-corrected chi connectivity index (χ1v) is 3.54. The van der Waals surface area contributed by atoms with Crippen LogP contribution in [-0.4, -0.2) is 43.2 Å². The van der Waals surface area contributed by atoms with Crippen LogP contribution in [0.25, 0.3) is 0 Å². The number of carbonyl (C=O) groups excluding carboxylic acids is 1. The third-order valence-electron chi connectivity index (χ3n) is 1.56. The summed E-state index contributed by atoms with van der Waals surface area (Å²) in [5, 5.41) is 2.69. The van der Waals surface area contributed by atoms with Crippen molar-refractivity contribution in [2.45, 2.75) is 6.18 Å². The second kappa shape index (κ2) is 3.30. The molecule has 12 heavy (non-hydrogen) atoms. The van der Waals surface area contributed by atoms with Gasteiger partial charge in [0.25, 0.3) is 0 Å². The van der Waals surface area contributed by atoms with Gasteiger partial charge in [-0.1, -0.05) is 0 Å². The Kier molecular flexibility index (Phi) is 2.56. The molecule has 0 radical (unpaired) electrons. The number of nitrogens with one attached hydrogen (secondary N) is 1. The molecule has 1 heterocycles. The van der Waals surface area contributed by atoms with E-state index in [2.05, 4.69) is 5.32 Å². The second-order valence-corrected chi connectivity index (χ2v) is 2.61. The van der Waals surface area contributed by atoms with Crippen molar-refractivity contribution >= 4 is 5.91 Å².